The lowest BCUT2D eigenvalue weighted by molar-refractivity contribution is -0.119. The van der Waals surface area contributed by atoms with Crippen molar-refractivity contribution in [3.05, 3.63) is 59.2 Å². The Labute approximate surface area is 155 Å². The minimum absolute atomic E-state index is 0.00748. The molecular weight excluding hydrogens is 326 g/mol. The van der Waals surface area contributed by atoms with E-state index in [0.717, 1.165) is 36.2 Å². The van der Waals surface area contributed by atoms with Crippen LogP contribution in [0.2, 0.25) is 0 Å². The lowest BCUT2D eigenvalue weighted by atomic mass is 10.1. The summed E-state index contributed by atoms with van der Waals surface area (Å²) in [5.74, 6) is 7.01. The molecule has 0 bridgehead atoms. The van der Waals surface area contributed by atoms with Crippen molar-refractivity contribution in [2.75, 3.05) is 13.7 Å². The van der Waals surface area contributed by atoms with E-state index in [0.29, 0.717) is 6.61 Å². The highest BCUT2D eigenvalue weighted by Gasteiger charge is 2.04. The number of methoxy groups -OCH3 is 1. The fourth-order valence-corrected chi connectivity index (χ4v) is 2.54. The highest BCUT2D eigenvalue weighted by molar-refractivity contribution is 5.73. The first kappa shape index (κ1) is 19.6. The molecule has 1 aromatic carbocycles. The number of benzene rings is 1. The van der Waals surface area contributed by atoms with Gasteiger partial charge in [-0.25, -0.2) is 9.97 Å². The zero-order valence-electron chi connectivity index (χ0n) is 15.6. The summed E-state index contributed by atoms with van der Waals surface area (Å²) < 4.78 is 5.02. The number of nitrogens with zero attached hydrogens (tertiary/aromatic N) is 2. The number of carbonyl (C=O) groups is 1. The molecule has 1 amide bonds. The molecule has 0 aliphatic rings. The maximum Gasteiger partial charge on any atom is 0.217 e. The maximum absolute atomic E-state index is 11.1. The Bertz CT molecular complexity index is 759. The predicted molar refractivity (Wildman–Crippen MR) is 102 cm³/mol. The number of carbonyl (C=O) groups excluding carboxylic acids is 1. The fourth-order valence-electron chi connectivity index (χ4n) is 2.54. The second-order valence-corrected chi connectivity index (χ2v) is 6.24. The van der Waals surface area contributed by atoms with Crippen molar-refractivity contribution in [2.24, 2.45) is 0 Å². The molecule has 0 saturated carbocycles. The van der Waals surface area contributed by atoms with Crippen LogP contribution in [0.1, 0.15) is 42.8 Å². The summed E-state index contributed by atoms with van der Waals surface area (Å²) in [6.07, 6.45) is 6.03. The average molecular weight is 351 g/mol. The Kier molecular flexibility index (Phi) is 7.78. The van der Waals surface area contributed by atoms with Gasteiger partial charge >= 0.3 is 0 Å². The quantitative estimate of drug-likeness (QED) is 0.615. The second-order valence-electron chi connectivity index (χ2n) is 6.24. The Balaban J connectivity index is 1.92. The van der Waals surface area contributed by atoms with E-state index in [1.54, 1.807) is 19.5 Å². The molecule has 2 rings (SSSR count). The van der Waals surface area contributed by atoms with Crippen LogP contribution in [-0.2, 0) is 22.4 Å². The van der Waals surface area contributed by atoms with Gasteiger partial charge in [0.05, 0.1) is 5.56 Å². The topological polar surface area (TPSA) is 64.1 Å². The summed E-state index contributed by atoms with van der Waals surface area (Å²) >= 11 is 0. The SMILES string of the molecule is COCCCc1ncc(C#Cc2ccc(CC(C)NC(C)=O)cc2)cn1. The van der Waals surface area contributed by atoms with Crippen LogP contribution in [0.3, 0.4) is 0 Å². The zero-order chi connectivity index (χ0) is 18.8. The summed E-state index contributed by atoms with van der Waals surface area (Å²) in [4.78, 5) is 19.7. The Morgan fingerprint density at radius 3 is 2.42 bits per heavy atom. The van der Waals surface area contributed by atoms with E-state index in [-0.39, 0.29) is 11.9 Å². The minimum atomic E-state index is -0.00748. The van der Waals surface area contributed by atoms with Gasteiger partial charge in [0.1, 0.15) is 5.82 Å². The van der Waals surface area contributed by atoms with Gasteiger partial charge in [-0.05, 0) is 37.5 Å². The number of aromatic nitrogens is 2. The molecule has 0 aliphatic heterocycles. The largest absolute Gasteiger partial charge is 0.385 e. The first-order chi connectivity index (χ1) is 12.6. The molecule has 136 valence electrons. The molecule has 0 aliphatic carbocycles. The standard InChI is InChI=1S/C21H25N3O2/c1-16(24-17(2)25)13-19-9-6-18(7-10-19)8-11-20-14-22-21(23-15-20)5-4-12-26-3/h6-7,9-10,14-16H,4-5,12-13H2,1-3H3,(H,24,25). The number of hydrogen-bond acceptors (Lipinski definition) is 4. The van der Waals surface area contributed by atoms with E-state index in [1.807, 2.05) is 31.2 Å². The van der Waals surface area contributed by atoms with Gasteiger partial charge in [-0.2, -0.15) is 0 Å². The van der Waals surface area contributed by atoms with Crippen LogP contribution < -0.4 is 5.32 Å². The molecule has 1 aromatic heterocycles. The Morgan fingerprint density at radius 2 is 1.81 bits per heavy atom. The van der Waals surface area contributed by atoms with Crippen molar-refractivity contribution >= 4 is 5.91 Å². The Morgan fingerprint density at radius 1 is 1.15 bits per heavy atom. The van der Waals surface area contributed by atoms with E-state index in [2.05, 4.69) is 27.1 Å². The lowest BCUT2D eigenvalue weighted by Crippen LogP contribution is -2.31. The highest BCUT2D eigenvalue weighted by atomic mass is 16.5. The lowest BCUT2D eigenvalue weighted by Gasteiger charge is -2.12. The predicted octanol–water partition coefficient (Wildman–Crippen LogP) is 2.52. The van der Waals surface area contributed by atoms with Gasteiger partial charge in [-0.15, -0.1) is 0 Å². The molecule has 1 unspecified atom stereocenters. The number of nitrogens with one attached hydrogen (secondary N) is 1. The van der Waals surface area contributed by atoms with Crippen molar-refractivity contribution in [3.8, 4) is 11.8 Å². The molecule has 0 spiro atoms. The summed E-state index contributed by atoms with van der Waals surface area (Å²) in [7, 11) is 1.69. The van der Waals surface area contributed by atoms with E-state index in [1.165, 1.54) is 12.5 Å². The van der Waals surface area contributed by atoms with Crippen LogP contribution in [0.5, 0.6) is 0 Å². The molecule has 1 N–H and O–H groups in total. The normalized spacial score (nSPS) is 11.3. The fraction of sp³-hybridized carbons (Fsp3) is 0.381. The van der Waals surface area contributed by atoms with Gasteiger partial charge in [0.25, 0.3) is 0 Å². The molecule has 26 heavy (non-hydrogen) atoms. The molecule has 1 atom stereocenters. The van der Waals surface area contributed by atoms with Crippen molar-refractivity contribution in [1.82, 2.24) is 15.3 Å². The molecule has 2 aromatic rings. The van der Waals surface area contributed by atoms with Crippen molar-refractivity contribution in [1.29, 1.82) is 0 Å². The van der Waals surface area contributed by atoms with Crippen LogP contribution in [0, 0.1) is 11.8 Å². The van der Waals surface area contributed by atoms with Crippen molar-refractivity contribution in [2.45, 2.75) is 39.2 Å². The van der Waals surface area contributed by atoms with Gasteiger partial charge in [0.2, 0.25) is 5.91 Å². The third-order valence-corrected chi connectivity index (χ3v) is 3.75. The third kappa shape index (κ3) is 7.04. The van der Waals surface area contributed by atoms with Crippen LogP contribution >= 0.6 is 0 Å². The first-order valence-electron chi connectivity index (χ1n) is 8.74. The molecule has 1 heterocycles. The number of hydrogen-bond donors (Lipinski definition) is 1. The van der Waals surface area contributed by atoms with E-state index < -0.39 is 0 Å². The number of amides is 1. The maximum atomic E-state index is 11.1. The van der Waals surface area contributed by atoms with Crippen LogP contribution in [0.25, 0.3) is 0 Å². The number of ether oxygens (including phenoxy) is 1. The smallest absolute Gasteiger partial charge is 0.217 e. The van der Waals surface area contributed by atoms with E-state index >= 15 is 0 Å². The third-order valence-electron chi connectivity index (χ3n) is 3.75. The average Bonchev–Trinajstić information content (AvgIpc) is 2.62. The molecule has 5 heteroatoms. The van der Waals surface area contributed by atoms with Gasteiger partial charge in [0, 0.05) is 51.1 Å². The number of rotatable bonds is 7. The van der Waals surface area contributed by atoms with Crippen molar-refractivity contribution < 1.29 is 9.53 Å². The summed E-state index contributed by atoms with van der Waals surface area (Å²) in [5, 5.41) is 2.89. The van der Waals surface area contributed by atoms with E-state index in [9.17, 15) is 4.79 Å². The Hall–Kier alpha value is -2.71. The minimum Gasteiger partial charge on any atom is -0.385 e. The van der Waals surface area contributed by atoms with Gasteiger partial charge in [-0.1, -0.05) is 24.0 Å². The highest BCUT2D eigenvalue weighted by Crippen LogP contribution is 2.07. The summed E-state index contributed by atoms with van der Waals surface area (Å²) in [6.45, 7) is 4.24. The molecule has 0 fully saturated rings. The second kappa shape index (κ2) is 10.3. The summed E-state index contributed by atoms with van der Waals surface area (Å²) in [5.41, 5.74) is 2.90. The van der Waals surface area contributed by atoms with Crippen LogP contribution in [0.15, 0.2) is 36.7 Å². The summed E-state index contributed by atoms with van der Waals surface area (Å²) in [6, 6.07) is 8.17. The molecule has 0 saturated heterocycles. The van der Waals surface area contributed by atoms with Gasteiger partial charge < -0.3 is 10.1 Å². The molecular formula is C21H25N3O2. The number of aryl methyl sites for hydroxylation is 1. The molecule has 0 radical (unpaired) electrons. The van der Waals surface area contributed by atoms with Crippen molar-refractivity contribution in [3.63, 3.8) is 0 Å². The monoisotopic (exact) mass is 351 g/mol. The first-order valence-corrected chi connectivity index (χ1v) is 8.74. The van der Waals surface area contributed by atoms with E-state index in [4.69, 9.17) is 4.74 Å². The zero-order valence-corrected chi connectivity index (χ0v) is 15.6. The van der Waals surface area contributed by atoms with Gasteiger partial charge in [0.15, 0.2) is 0 Å². The van der Waals surface area contributed by atoms with Crippen LogP contribution in [0.4, 0.5) is 0 Å². The van der Waals surface area contributed by atoms with Gasteiger partial charge in [-0.3, -0.25) is 4.79 Å². The molecule has 5 nitrogen and oxygen atoms in total. The van der Waals surface area contributed by atoms with Crippen LogP contribution in [-0.4, -0.2) is 35.6 Å².